The van der Waals surface area contributed by atoms with Gasteiger partial charge in [-0.25, -0.2) is 4.98 Å². The molecule has 4 nitrogen and oxygen atoms in total. The molecule has 0 aliphatic heterocycles. The predicted octanol–water partition coefficient (Wildman–Crippen LogP) is 4.26. The lowest BCUT2D eigenvalue weighted by molar-refractivity contribution is 0.500. The molecule has 20 heavy (non-hydrogen) atoms. The third-order valence-corrected chi connectivity index (χ3v) is 4.25. The molecule has 0 aliphatic rings. The van der Waals surface area contributed by atoms with Crippen molar-refractivity contribution in [2.75, 3.05) is 11.1 Å². The summed E-state index contributed by atoms with van der Waals surface area (Å²) in [5.74, 6) is 1.87. The molecule has 0 saturated heterocycles. The topological polar surface area (TPSA) is 64.1 Å². The summed E-state index contributed by atoms with van der Waals surface area (Å²) in [6.45, 7) is 6.04. The lowest BCUT2D eigenvalue weighted by Crippen LogP contribution is -2.08. The molecule has 2 aromatic heterocycles. The Morgan fingerprint density at radius 1 is 1.35 bits per heavy atom. The molecule has 1 unspecified atom stereocenters. The lowest BCUT2D eigenvalue weighted by Gasteiger charge is -2.16. The summed E-state index contributed by atoms with van der Waals surface area (Å²) >= 11 is 1.60. The lowest BCUT2D eigenvalue weighted by atomic mass is 10.1. The van der Waals surface area contributed by atoms with Gasteiger partial charge in [-0.15, -0.1) is 11.3 Å². The zero-order valence-electron chi connectivity index (χ0n) is 11.7. The molecule has 104 valence electrons. The molecule has 0 radical (unpaired) electrons. The highest BCUT2D eigenvalue weighted by Gasteiger charge is 2.14. The average molecular weight is 287 g/mol. The maximum atomic E-state index is 6.19. The van der Waals surface area contributed by atoms with Crippen molar-refractivity contribution in [2.24, 2.45) is 0 Å². The second-order valence-electron chi connectivity index (χ2n) is 4.96. The highest BCUT2D eigenvalue weighted by atomic mass is 32.1. The molecule has 1 aromatic carbocycles. The highest BCUT2D eigenvalue weighted by molar-refractivity contribution is 7.16. The van der Waals surface area contributed by atoms with E-state index in [1.54, 1.807) is 11.3 Å². The number of fused-ring (bicyclic) bond motifs is 1. The number of nitrogens with two attached hydrogens (primary N) is 1. The number of thiazole rings is 1. The zero-order valence-corrected chi connectivity index (χ0v) is 12.5. The van der Waals surface area contributed by atoms with Gasteiger partial charge in [-0.05, 0) is 39.0 Å². The maximum absolute atomic E-state index is 6.19. The van der Waals surface area contributed by atoms with Crippen LogP contribution in [0.1, 0.15) is 30.0 Å². The molecule has 0 fully saturated rings. The van der Waals surface area contributed by atoms with Crippen LogP contribution in [0.25, 0.3) is 10.2 Å². The largest absolute Gasteiger partial charge is 0.466 e. The van der Waals surface area contributed by atoms with Crippen molar-refractivity contribution in [3.63, 3.8) is 0 Å². The van der Waals surface area contributed by atoms with Gasteiger partial charge in [0.2, 0.25) is 0 Å². The third-order valence-electron chi connectivity index (χ3n) is 3.46. The Morgan fingerprint density at radius 3 is 2.85 bits per heavy atom. The van der Waals surface area contributed by atoms with Crippen molar-refractivity contribution >= 4 is 32.9 Å². The van der Waals surface area contributed by atoms with Crippen molar-refractivity contribution in [1.29, 1.82) is 0 Å². The van der Waals surface area contributed by atoms with Gasteiger partial charge in [-0.1, -0.05) is 0 Å². The number of benzene rings is 1. The standard InChI is InChI=1S/C15H17N3OS/c1-8-6-11(10(3)19-8)9(2)18-12-4-5-13-15(14(12)16)17-7-20-13/h4-7,9,18H,16H2,1-3H3. The van der Waals surface area contributed by atoms with E-state index >= 15 is 0 Å². The zero-order chi connectivity index (χ0) is 14.3. The maximum Gasteiger partial charge on any atom is 0.106 e. The first kappa shape index (κ1) is 13.0. The summed E-state index contributed by atoms with van der Waals surface area (Å²) < 4.78 is 6.69. The van der Waals surface area contributed by atoms with E-state index < -0.39 is 0 Å². The molecular formula is C15H17N3OS. The van der Waals surface area contributed by atoms with Crippen molar-refractivity contribution in [1.82, 2.24) is 4.98 Å². The number of anilines is 2. The third kappa shape index (κ3) is 2.14. The molecule has 0 spiro atoms. The Bertz CT molecular complexity index is 760. The van der Waals surface area contributed by atoms with Crippen molar-refractivity contribution in [3.8, 4) is 0 Å². The Kier molecular flexibility index (Phi) is 3.14. The van der Waals surface area contributed by atoms with Crippen LogP contribution in [0, 0.1) is 13.8 Å². The van der Waals surface area contributed by atoms with Crippen LogP contribution >= 0.6 is 11.3 Å². The van der Waals surface area contributed by atoms with E-state index in [4.69, 9.17) is 10.2 Å². The van der Waals surface area contributed by atoms with Gasteiger partial charge in [0.25, 0.3) is 0 Å². The highest BCUT2D eigenvalue weighted by Crippen LogP contribution is 2.33. The molecule has 1 atom stereocenters. The number of rotatable bonds is 3. The van der Waals surface area contributed by atoms with E-state index in [2.05, 4.69) is 23.3 Å². The van der Waals surface area contributed by atoms with Crippen molar-refractivity contribution in [3.05, 3.63) is 40.8 Å². The van der Waals surface area contributed by atoms with E-state index in [1.165, 1.54) is 0 Å². The summed E-state index contributed by atoms with van der Waals surface area (Å²) in [7, 11) is 0. The van der Waals surface area contributed by atoms with E-state index in [9.17, 15) is 0 Å². The first-order valence-electron chi connectivity index (χ1n) is 6.51. The minimum absolute atomic E-state index is 0.130. The number of nitrogens with zero attached hydrogens (tertiary/aromatic N) is 1. The molecule has 5 heteroatoms. The smallest absolute Gasteiger partial charge is 0.106 e. The first-order chi connectivity index (χ1) is 9.56. The van der Waals surface area contributed by atoms with Gasteiger partial charge in [0.1, 0.15) is 17.0 Å². The van der Waals surface area contributed by atoms with E-state index in [0.717, 1.165) is 33.0 Å². The fraction of sp³-hybridized carbons (Fsp3) is 0.267. The second-order valence-corrected chi connectivity index (χ2v) is 5.85. The van der Waals surface area contributed by atoms with Crippen LogP contribution in [0.4, 0.5) is 11.4 Å². The Morgan fingerprint density at radius 2 is 2.15 bits per heavy atom. The number of hydrogen-bond acceptors (Lipinski definition) is 5. The first-order valence-corrected chi connectivity index (χ1v) is 7.39. The SMILES string of the molecule is Cc1cc(C(C)Nc2ccc3scnc3c2N)c(C)o1. The van der Waals surface area contributed by atoms with Gasteiger partial charge < -0.3 is 15.5 Å². The molecule has 0 amide bonds. The molecular weight excluding hydrogens is 270 g/mol. The molecule has 2 heterocycles. The van der Waals surface area contributed by atoms with E-state index in [-0.39, 0.29) is 6.04 Å². The molecule has 3 rings (SSSR count). The average Bonchev–Trinajstić information content (AvgIpc) is 2.99. The van der Waals surface area contributed by atoms with Crippen LogP contribution in [0.15, 0.2) is 28.1 Å². The predicted molar refractivity (Wildman–Crippen MR) is 84.3 cm³/mol. The molecule has 0 bridgehead atoms. The Labute approximate surface area is 121 Å². The van der Waals surface area contributed by atoms with Crippen LogP contribution in [-0.4, -0.2) is 4.98 Å². The number of nitrogen functional groups attached to an aromatic ring is 1. The van der Waals surface area contributed by atoms with Gasteiger partial charge in [-0.3, -0.25) is 0 Å². The molecule has 0 aliphatic carbocycles. The number of hydrogen-bond donors (Lipinski definition) is 2. The Balaban J connectivity index is 1.92. The number of furan rings is 1. The fourth-order valence-corrected chi connectivity index (χ4v) is 3.16. The normalized spacial score (nSPS) is 12.8. The van der Waals surface area contributed by atoms with E-state index in [0.29, 0.717) is 5.69 Å². The summed E-state index contributed by atoms with van der Waals surface area (Å²) in [5.41, 5.74) is 11.6. The van der Waals surface area contributed by atoms with Crippen molar-refractivity contribution in [2.45, 2.75) is 26.8 Å². The van der Waals surface area contributed by atoms with Gasteiger partial charge >= 0.3 is 0 Å². The minimum Gasteiger partial charge on any atom is -0.466 e. The van der Waals surface area contributed by atoms with Gasteiger partial charge in [0.15, 0.2) is 0 Å². The summed E-state index contributed by atoms with van der Waals surface area (Å²) in [5, 5.41) is 3.44. The summed E-state index contributed by atoms with van der Waals surface area (Å²) in [6, 6.07) is 6.25. The monoisotopic (exact) mass is 287 g/mol. The number of nitrogens with one attached hydrogen (secondary N) is 1. The minimum atomic E-state index is 0.130. The van der Waals surface area contributed by atoms with Gasteiger partial charge in [0, 0.05) is 5.56 Å². The molecule has 3 N–H and O–H groups in total. The summed E-state index contributed by atoms with van der Waals surface area (Å²) in [6.07, 6.45) is 0. The van der Waals surface area contributed by atoms with Crippen molar-refractivity contribution < 1.29 is 4.42 Å². The van der Waals surface area contributed by atoms with Crippen LogP contribution < -0.4 is 11.1 Å². The van der Waals surface area contributed by atoms with Gasteiger partial charge in [0.05, 0.1) is 27.6 Å². The van der Waals surface area contributed by atoms with Gasteiger partial charge in [-0.2, -0.15) is 0 Å². The van der Waals surface area contributed by atoms with Crippen LogP contribution in [0.3, 0.4) is 0 Å². The number of aromatic nitrogens is 1. The Hall–Kier alpha value is -2.01. The molecule has 3 aromatic rings. The fourth-order valence-electron chi connectivity index (χ4n) is 2.47. The van der Waals surface area contributed by atoms with Crippen LogP contribution in [-0.2, 0) is 0 Å². The van der Waals surface area contributed by atoms with Crippen LogP contribution in [0.5, 0.6) is 0 Å². The van der Waals surface area contributed by atoms with E-state index in [1.807, 2.05) is 31.5 Å². The quantitative estimate of drug-likeness (QED) is 0.706. The van der Waals surface area contributed by atoms with Crippen LogP contribution in [0.2, 0.25) is 0 Å². The molecule has 0 saturated carbocycles. The summed E-state index contributed by atoms with van der Waals surface area (Å²) in [4.78, 5) is 4.32. The number of aryl methyl sites for hydroxylation is 2. The second kappa shape index (κ2) is 4.83.